The number of carbonyl (C=O) groups excluding carboxylic acids is 2. The predicted octanol–water partition coefficient (Wildman–Crippen LogP) is 8.09. The van der Waals surface area contributed by atoms with E-state index in [2.05, 4.69) is 5.32 Å². The molecule has 0 bridgehead atoms. The molecule has 0 aliphatic rings. The van der Waals surface area contributed by atoms with Crippen LogP contribution in [0.2, 0.25) is 20.1 Å². The van der Waals surface area contributed by atoms with Gasteiger partial charge in [-0.15, -0.1) is 11.8 Å². The molecule has 0 saturated heterocycles. The van der Waals surface area contributed by atoms with Crippen LogP contribution in [0.1, 0.15) is 37.0 Å². The van der Waals surface area contributed by atoms with Crippen LogP contribution >= 0.6 is 58.2 Å². The van der Waals surface area contributed by atoms with Crippen LogP contribution in [0.15, 0.2) is 66.7 Å². The van der Waals surface area contributed by atoms with Crippen molar-refractivity contribution < 1.29 is 9.59 Å². The van der Waals surface area contributed by atoms with Gasteiger partial charge in [0.1, 0.15) is 6.04 Å². The van der Waals surface area contributed by atoms with Gasteiger partial charge in [0.05, 0.1) is 5.75 Å². The molecule has 3 aromatic carbocycles. The molecule has 202 valence electrons. The molecule has 0 fully saturated rings. The first kappa shape index (κ1) is 30.6. The first-order valence-corrected chi connectivity index (χ1v) is 14.9. The Morgan fingerprint density at radius 3 is 2.08 bits per heavy atom. The van der Waals surface area contributed by atoms with Gasteiger partial charge >= 0.3 is 0 Å². The lowest BCUT2D eigenvalue weighted by molar-refractivity contribution is -0.139. The maximum absolute atomic E-state index is 13.7. The van der Waals surface area contributed by atoms with Crippen molar-refractivity contribution in [1.29, 1.82) is 0 Å². The molecule has 0 aliphatic carbocycles. The molecule has 38 heavy (non-hydrogen) atoms. The molecular weight excluding hydrogens is 582 g/mol. The monoisotopic (exact) mass is 610 g/mol. The number of nitrogens with zero attached hydrogens (tertiary/aromatic N) is 1. The molecule has 2 atom stereocenters. The van der Waals surface area contributed by atoms with Crippen molar-refractivity contribution in [3.8, 4) is 0 Å². The molecule has 0 radical (unpaired) electrons. The first-order chi connectivity index (χ1) is 18.2. The minimum absolute atomic E-state index is 0.0294. The van der Waals surface area contributed by atoms with Crippen LogP contribution in [-0.4, -0.2) is 34.6 Å². The molecule has 9 heteroatoms. The highest BCUT2D eigenvalue weighted by molar-refractivity contribution is 7.99. The SMILES string of the molecule is CC[C@H](C)NC(=O)[C@@H](Cc1ccccc1)N(Cc1ccc(Cl)cc1Cl)C(=O)CSCc1ccc(Cl)cc1Cl. The summed E-state index contributed by atoms with van der Waals surface area (Å²) in [5.41, 5.74) is 2.55. The second kappa shape index (κ2) is 15.0. The summed E-state index contributed by atoms with van der Waals surface area (Å²) < 4.78 is 0. The van der Waals surface area contributed by atoms with Gasteiger partial charge in [-0.2, -0.15) is 0 Å². The Morgan fingerprint density at radius 2 is 1.50 bits per heavy atom. The summed E-state index contributed by atoms with van der Waals surface area (Å²) in [5.74, 6) is 0.310. The van der Waals surface area contributed by atoms with Gasteiger partial charge < -0.3 is 10.2 Å². The Bertz CT molecular complexity index is 1240. The normalized spacial score (nSPS) is 12.6. The lowest BCUT2D eigenvalue weighted by Gasteiger charge is -2.32. The zero-order valence-electron chi connectivity index (χ0n) is 21.2. The van der Waals surface area contributed by atoms with E-state index in [1.165, 1.54) is 11.8 Å². The molecule has 2 amide bonds. The Balaban J connectivity index is 1.89. The maximum atomic E-state index is 13.7. The highest BCUT2D eigenvalue weighted by Gasteiger charge is 2.31. The number of carbonyl (C=O) groups is 2. The molecule has 0 spiro atoms. The number of hydrogen-bond acceptors (Lipinski definition) is 3. The average Bonchev–Trinajstić information content (AvgIpc) is 2.88. The fourth-order valence-corrected chi connectivity index (χ4v) is 5.74. The molecule has 0 saturated carbocycles. The van der Waals surface area contributed by atoms with Crippen LogP contribution < -0.4 is 5.32 Å². The summed E-state index contributed by atoms with van der Waals surface area (Å²) in [4.78, 5) is 28.9. The Kier molecular flexibility index (Phi) is 12.1. The number of hydrogen-bond donors (Lipinski definition) is 1. The van der Waals surface area contributed by atoms with Crippen molar-refractivity contribution in [2.75, 3.05) is 5.75 Å². The Morgan fingerprint density at radius 1 is 0.895 bits per heavy atom. The lowest BCUT2D eigenvalue weighted by atomic mass is 10.0. The van der Waals surface area contributed by atoms with E-state index in [0.29, 0.717) is 37.8 Å². The maximum Gasteiger partial charge on any atom is 0.243 e. The van der Waals surface area contributed by atoms with Crippen LogP contribution in [0.5, 0.6) is 0 Å². The number of thioether (sulfide) groups is 1. The van der Waals surface area contributed by atoms with Gasteiger partial charge in [-0.05, 0) is 54.3 Å². The van der Waals surface area contributed by atoms with Gasteiger partial charge in [0.25, 0.3) is 0 Å². The molecule has 0 aromatic heterocycles. The fourth-order valence-electron chi connectivity index (χ4n) is 3.80. The van der Waals surface area contributed by atoms with E-state index in [9.17, 15) is 9.59 Å². The molecule has 0 unspecified atom stereocenters. The van der Waals surface area contributed by atoms with Crippen molar-refractivity contribution in [3.05, 3.63) is 104 Å². The summed E-state index contributed by atoms with van der Waals surface area (Å²) in [5, 5.41) is 5.12. The third-order valence-corrected chi connectivity index (χ3v) is 8.27. The van der Waals surface area contributed by atoms with Crippen LogP contribution in [0.4, 0.5) is 0 Å². The van der Waals surface area contributed by atoms with Gasteiger partial charge in [-0.25, -0.2) is 0 Å². The molecular formula is C29H30Cl4N2O2S. The minimum atomic E-state index is -0.731. The van der Waals surface area contributed by atoms with Gasteiger partial charge in [0, 0.05) is 44.9 Å². The summed E-state index contributed by atoms with van der Waals surface area (Å²) >= 11 is 26.4. The standard InChI is InChI=1S/C29H30Cl4N2O2S/c1-3-19(2)34-29(37)27(13-20-7-5-4-6-8-20)35(16-21-9-11-23(30)14-25(21)32)28(36)18-38-17-22-10-12-24(31)15-26(22)33/h4-12,14-15,19,27H,3,13,16-18H2,1-2H3,(H,34,37)/t19-,27+/m0/s1. The second-order valence-electron chi connectivity index (χ2n) is 9.01. The highest BCUT2D eigenvalue weighted by atomic mass is 35.5. The minimum Gasteiger partial charge on any atom is -0.352 e. The molecule has 3 aromatic rings. The summed E-state index contributed by atoms with van der Waals surface area (Å²) in [6.07, 6.45) is 1.15. The summed E-state index contributed by atoms with van der Waals surface area (Å²) in [7, 11) is 0. The van der Waals surface area contributed by atoms with E-state index in [1.54, 1.807) is 35.2 Å². The van der Waals surface area contributed by atoms with E-state index in [-0.39, 0.29) is 30.2 Å². The summed E-state index contributed by atoms with van der Waals surface area (Å²) in [6.45, 7) is 4.13. The quantitative estimate of drug-likeness (QED) is 0.225. The third kappa shape index (κ3) is 9.10. The van der Waals surface area contributed by atoms with Crippen molar-refractivity contribution in [3.63, 3.8) is 0 Å². The zero-order chi connectivity index (χ0) is 27.7. The van der Waals surface area contributed by atoms with E-state index in [0.717, 1.165) is 17.5 Å². The van der Waals surface area contributed by atoms with Gasteiger partial charge in [-0.1, -0.05) is 95.8 Å². The number of rotatable bonds is 12. The third-order valence-electron chi connectivity index (χ3n) is 6.13. The van der Waals surface area contributed by atoms with Crippen LogP contribution in [0.3, 0.4) is 0 Å². The topological polar surface area (TPSA) is 49.4 Å². The summed E-state index contributed by atoms with van der Waals surface area (Å²) in [6, 6.07) is 19.4. The van der Waals surface area contributed by atoms with Crippen molar-refractivity contribution >= 4 is 70.0 Å². The Hall–Kier alpha value is -1.89. The zero-order valence-corrected chi connectivity index (χ0v) is 25.1. The predicted molar refractivity (Wildman–Crippen MR) is 161 cm³/mol. The molecule has 0 aliphatic heterocycles. The molecule has 1 N–H and O–H groups in total. The van der Waals surface area contributed by atoms with E-state index in [4.69, 9.17) is 46.4 Å². The van der Waals surface area contributed by atoms with Crippen LogP contribution in [-0.2, 0) is 28.3 Å². The Labute approximate surface area is 249 Å². The van der Waals surface area contributed by atoms with Crippen molar-refractivity contribution in [2.45, 2.75) is 51.1 Å². The number of benzene rings is 3. The fraction of sp³-hybridized carbons (Fsp3) is 0.310. The smallest absolute Gasteiger partial charge is 0.243 e. The van der Waals surface area contributed by atoms with Crippen molar-refractivity contribution in [2.24, 2.45) is 0 Å². The van der Waals surface area contributed by atoms with E-state index < -0.39 is 6.04 Å². The van der Waals surface area contributed by atoms with Crippen molar-refractivity contribution in [1.82, 2.24) is 10.2 Å². The highest BCUT2D eigenvalue weighted by Crippen LogP contribution is 2.27. The van der Waals surface area contributed by atoms with E-state index in [1.807, 2.05) is 50.2 Å². The van der Waals surface area contributed by atoms with Gasteiger partial charge in [0.15, 0.2) is 0 Å². The molecule has 4 nitrogen and oxygen atoms in total. The van der Waals surface area contributed by atoms with Crippen LogP contribution in [0.25, 0.3) is 0 Å². The average molecular weight is 612 g/mol. The number of amides is 2. The second-order valence-corrected chi connectivity index (χ2v) is 11.7. The van der Waals surface area contributed by atoms with Gasteiger partial charge in [0.2, 0.25) is 11.8 Å². The van der Waals surface area contributed by atoms with E-state index >= 15 is 0 Å². The molecule has 0 heterocycles. The first-order valence-electron chi connectivity index (χ1n) is 12.3. The number of halogens is 4. The van der Waals surface area contributed by atoms with Crippen LogP contribution in [0, 0.1) is 0 Å². The molecule has 3 rings (SSSR count). The lowest BCUT2D eigenvalue weighted by Crippen LogP contribution is -2.52. The largest absolute Gasteiger partial charge is 0.352 e. The van der Waals surface area contributed by atoms with Gasteiger partial charge in [-0.3, -0.25) is 9.59 Å². The number of nitrogens with one attached hydrogen (secondary N) is 1.